The summed E-state index contributed by atoms with van der Waals surface area (Å²) < 4.78 is 2.06. The van der Waals surface area contributed by atoms with Gasteiger partial charge in [0.05, 0.1) is 11.3 Å². The van der Waals surface area contributed by atoms with Crippen molar-refractivity contribution in [2.45, 2.75) is 31.2 Å². The van der Waals surface area contributed by atoms with Gasteiger partial charge in [-0.3, -0.25) is 4.40 Å². The first kappa shape index (κ1) is 20.2. The second-order valence-electron chi connectivity index (χ2n) is 7.38. The minimum Gasteiger partial charge on any atom is -0.368 e. The molecule has 8 nitrogen and oxygen atoms in total. The van der Waals surface area contributed by atoms with Gasteiger partial charge < -0.3 is 11.1 Å². The maximum atomic E-state index is 5.97. The number of rotatable bonds is 6. The average Bonchev–Trinajstić information content (AvgIpc) is 3.21. The van der Waals surface area contributed by atoms with Crippen molar-refractivity contribution in [3.8, 4) is 0 Å². The summed E-state index contributed by atoms with van der Waals surface area (Å²) in [5, 5.41) is 14.0. The lowest BCUT2D eigenvalue weighted by Crippen LogP contribution is -2.07. The number of para-hydroxylation sites is 2. The molecule has 3 heterocycles. The first-order valence-corrected chi connectivity index (χ1v) is 11.3. The van der Waals surface area contributed by atoms with Crippen molar-refractivity contribution in [1.82, 2.24) is 29.5 Å². The van der Waals surface area contributed by atoms with Gasteiger partial charge in [0.15, 0.2) is 10.8 Å². The monoisotopic (exact) mass is 442 g/mol. The summed E-state index contributed by atoms with van der Waals surface area (Å²) in [6.45, 7) is 4.20. The van der Waals surface area contributed by atoms with Crippen LogP contribution in [0.2, 0.25) is 0 Å². The number of thioether (sulfide) groups is 1. The molecule has 0 unspecified atom stereocenters. The molecule has 0 saturated heterocycles. The molecule has 0 aliphatic rings. The van der Waals surface area contributed by atoms with Crippen LogP contribution in [-0.2, 0) is 12.2 Å². The lowest BCUT2D eigenvalue weighted by Gasteiger charge is -2.10. The van der Waals surface area contributed by atoms with Crippen LogP contribution < -0.4 is 11.1 Å². The molecule has 0 radical (unpaired) electrons. The number of pyridine rings is 1. The normalized spacial score (nSPS) is 11.3. The van der Waals surface area contributed by atoms with Crippen molar-refractivity contribution in [1.29, 1.82) is 0 Å². The fourth-order valence-corrected chi connectivity index (χ4v) is 4.53. The molecule has 3 aromatic heterocycles. The highest BCUT2D eigenvalue weighted by Crippen LogP contribution is 2.27. The Labute approximate surface area is 189 Å². The number of aromatic nitrogens is 6. The minimum absolute atomic E-state index is 0.180. The van der Waals surface area contributed by atoms with E-state index in [4.69, 9.17) is 5.73 Å². The molecule has 3 N–H and O–H groups in total. The number of anilines is 3. The van der Waals surface area contributed by atoms with Crippen molar-refractivity contribution < 1.29 is 0 Å². The quantitative estimate of drug-likeness (QED) is 0.369. The molecular formula is C23H22N8S. The molecule has 0 amide bonds. The van der Waals surface area contributed by atoms with Crippen LogP contribution in [0.1, 0.15) is 23.9 Å². The van der Waals surface area contributed by atoms with Gasteiger partial charge in [0, 0.05) is 11.1 Å². The van der Waals surface area contributed by atoms with Gasteiger partial charge in [-0.1, -0.05) is 55.1 Å². The summed E-state index contributed by atoms with van der Waals surface area (Å²) in [6, 6.07) is 18.4. The van der Waals surface area contributed by atoms with E-state index in [1.165, 1.54) is 28.3 Å². The number of hydrogen-bond donors (Lipinski definition) is 2. The Hall–Kier alpha value is -3.72. The van der Waals surface area contributed by atoms with E-state index in [1.54, 1.807) is 0 Å². The zero-order valence-electron chi connectivity index (χ0n) is 17.8. The van der Waals surface area contributed by atoms with Crippen LogP contribution in [0.15, 0.2) is 59.8 Å². The Morgan fingerprint density at radius 2 is 1.81 bits per heavy atom. The molecule has 5 rings (SSSR count). The Bertz CT molecular complexity index is 1430. The zero-order chi connectivity index (χ0) is 22.1. The van der Waals surface area contributed by atoms with E-state index in [0.29, 0.717) is 17.5 Å². The third-order valence-corrected chi connectivity index (χ3v) is 6.17. The van der Waals surface area contributed by atoms with Crippen molar-refractivity contribution >= 4 is 45.9 Å². The Balaban J connectivity index is 1.43. The molecule has 0 saturated carbocycles. The summed E-state index contributed by atoms with van der Waals surface area (Å²) >= 11 is 1.51. The topological polar surface area (TPSA) is 107 Å². The van der Waals surface area contributed by atoms with Gasteiger partial charge in [-0.05, 0) is 42.7 Å². The number of nitrogens with one attached hydrogen (secondary N) is 1. The summed E-state index contributed by atoms with van der Waals surface area (Å²) in [4.78, 5) is 13.1. The Morgan fingerprint density at radius 1 is 1.00 bits per heavy atom. The van der Waals surface area contributed by atoms with E-state index >= 15 is 0 Å². The maximum absolute atomic E-state index is 5.97. The molecule has 160 valence electrons. The van der Waals surface area contributed by atoms with Crippen molar-refractivity contribution in [2.24, 2.45) is 0 Å². The van der Waals surface area contributed by atoms with Gasteiger partial charge in [0.25, 0.3) is 0 Å². The number of nitrogens with zero attached hydrogens (tertiary/aromatic N) is 6. The van der Waals surface area contributed by atoms with Crippen LogP contribution >= 0.6 is 11.8 Å². The molecule has 9 heteroatoms. The highest BCUT2D eigenvalue weighted by Gasteiger charge is 2.13. The summed E-state index contributed by atoms with van der Waals surface area (Å²) in [5.41, 5.74) is 11.2. The van der Waals surface area contributed by atoms with E-state index in [1.807, 2.05) is 36.4 Å². The molecule has 0 atom stereocenters. The standard InChI is InChI=1S/C23H22N8S/c1-3-15-8-4-6-10-17(15)25-22-27-19(26-21(24)28-22)13-32-23-30-29-20-12-14(2)16-9-5-7-11-18(16)31(20)23/h4-12H,3,13H2,1-2H3,(H3,24,25,26,27,28). The first-order chi connectivity index (χ1) is 15.6. The third-order valence-electron chi connectivity index (χ3n) is 5.25. The number of nitrogens with two attached hydrogens (primary N) is 1. The van der Waals surface area contributed by atoms with E-state index < -0.39 is 0 Å². The SMILES string of the molecule is CCc1ccccc1Nc1nc(N)nc(CSc2nnc3cc(C)c4ccccc4n23)n1. The fraction of sp³-hybridized carbons (Fsp3) is 0.174. The van der Waals surface area contributed by atoms with E-state index in [0.717, 1.165) is 28.4 Å². The molecule has 0 aliphatic carbocycles. The molecule has 5 aromatic rings. The second-order valence-corrected chi connectivity index (χ2v) is 8.32. The molecule has 0 fully saturated rings. The molecule has 0 aliphatic heterocycles. The number of aryl methyl sites for hydroxylation is 2. The number of fused-ring (bicyclic) bond motifs is 3. The fourth-order valence-electron chi connectivity index (χ4n) is 3.73. The van der Waals surface area contributed by atoms with Crippen molar-refractivity contribution in [3.63, 3.8) is 0 Å². The highest BCUT2D eigenvalue weighted by atomic mass is 32.2. The van der Waals surface area contributed by atoms with E-state index in [2.05, 4.69) is 66.9 Å². The van der Waals surface area contributed by atoms with Gasteiger partial charge in [0.2, 0.25) is 11.9 Å². The van der Waals surface area contributed by atoms with Crippen LogP contribution in [0.4, 0.5) is 17.6 Å². The van der Waals surface area contributed by atoms with Crippen LogP contribution in [0.3, 0.4) is 0 Å². The second kappa shape index (κ2) is 8.43. The molecular weight excluding hydrogens is 420 g/mol. The summed E-state index contributed by atoms with van der Waals surface area (Å²) in [6.07, 6.45) is 0.903. The lowest BCUT2D eigenvalue weighted by atomic mass is 10.1. The molecule has 32 heavy (non-hydrogen) atoms. The van der Waals surface area contributed by atoms with Crippen LogP contribution in [0.5, 0.6) is 0 Å². The zero-order valence-corrected chi connectivity index (χ0v) is 18.6. The number of benzene rings is 2. The van der Waals surface area contributed by atoms with Crippen molar-refractivity contribution in [2.75, 3.05) is 11.1 Å². The minimum atomic E-state index is 0.180. The molecule has 0 spiro atoms. The summed E-state index contributed by atoms with van der Waals surface area (Å²) in [7, 11) is 0. The first-order valence-electron chi connectivity index (χ1n) is 10.3. The Morgan fingerprint density at radius 3 is 2.69 bits per heavy atom. The van der Waals surface area contributed by atoms with Gasteiger partial charge in [-0.2, -0.15) is 15.0 Å². The highest BCUT2D eigenvalue weighted by molar-refractivity contribution is 7.98. The van der Waals surface area contributed by atoms with E-state index in [-0.39, 0.29) is 5.95 Å². The van der Waals surface area contributed by atoms with E-state index in [9.17, 15) is 0 Å². The van der Waals surface area contributed by atoms with Gasteiger partial charge in [0.1, 0.15) is 5.82 Å². The third kappa shape index (κ3) is 3.82. The smallest absolute Gasteiger partial charge is 0.232 e. The van der Waals surface area contributed by atoms with Crippen LogP contribution in [0.25, 0.3) is 16.6 Å². The molecule has 0 bridgehead atoms. The predicted octanol–water partition coefficient (Wildman–Crippen LogP) is 4.56. The number of hydrogen-bond acceptors (Lipinski definition) is 8. The van der Waals surface area contributed by atoms with Gasteiger partial charge in [-0.25, -0.2) is 0 Å². The molecule has 2 aromatic carbocycles. The largest absolute Gasteiger partial charge is 0.368 e. The Kier molecular flexibility index (Phi) is 5.32. The van der Waals surface area contributed by atoms with Crippen molar-refractivity contribution in [3.05, 3.63) is 71.5 Å². The predicted molar refractivity (Wildman–Crippen MR) is 128 cm³/mol. The van der Waals surface area contributed by atoms with Crippen LogP contribution in [-0.4, -0.2) is 29.5 Å². The van der Waals surface area contributed by atoms with Gasteiger partial charge in [-0.15, -0.1) is 10.2 Å². The number of nitrogen functional groups attached to an aromatic ring is 1. The van der Waals surface area contributed by atoms with Gasteiger partial charge >= 0.3 is 0 Å². The maximum Gasteiger partial charge on any atom is 0.232 e. The van der Waals surface area contributed by atoms with Crippen LogP contribution in [0, 0.1) is 6.92 Å². The summed E-state index contributed by atoms with van der Waals surface area (Å²) in [5.74, 6) is 1.67. The average molecular weight is 443 g/mol. The lowest BCUT2D eigenvalue weighted by molar-refractivity contribution is 0.930.